The normalized spacial score (nSPS) is 10.3. The van der Waals surface area contributed by atoms with E-state index < -0.39 is 0 Å². The Kier molecular flexibility index (Phi) is 3.82. The summed E-state index contributed by atoms with van der Waals surface area (Å²) in [4.78, 5) is 1.89. The Labute approximate surface area is 106 Å². The molecular weight excluding hydrogens is 229 g/mol. The molecule has 0 unspecified atom stereocenters. The molecule has 0 aliphatic rings. The van der Waals surface area contributed by atoms with Crippen LogP contribution in [0, 0.1) is 5.82 Å². The maximum Gasteiger partial charge on any atom is 0.146 e. The molecule has 2 nitrogen and oxygen atoms in total. The summed E-state index contributed by atoms with van der Waals surface area (Å²) < 4.78 is 13.7. The van der Waals surface area contributed by atoms with Crippen LogP contribution in [0.4, 0.5) is 10.1 Å². The Morgan fingerprint density at radius 1 is 1.06 bits per heavy atom. The number of phenolic OH excluding ortho intramolecular Hbond substituents is 1. The standard InChI is InChI=1S/C15H16FNO/c1-2-17(14-9-5-4-8-13(14)16)11-12-7-3-6-10-15(12)18/h3-10,18H,2,11H2,1H3. The number of nitrogens with zero attached hydrogens (tertiary/aromatic N) is 1. The number of anilines is 1. The van der Waals surface area contributed by atoms with E-state index in [0.29, 0.717) is 18.8 Å². The van der Waals surface area contributed by atoms with Crippen LogP contribution in [0.2, 0.25) is 0 Å². The Morgan fingerprint density at radius 2 is 1.72 bits per heavy atom. The minimum absolute atomic E-state index is 0.241. The highest BCUT2D eigenvalue weighted by Gasteiger charge is 2.11. The zero-order valence-corrected chi connectivity index (χ0v) is 10.3. The van der Waals surface area contributed by atoms with Gasteiger partial charge in [-0.25, -0.2) is 4.39 Å². The minimum atomic E-state index is -0.241. The number of phenols is 1. The summed E-state index contributed by atoms with van der Waals surface area (Å²) in [6.45, 7) is 3.13. The van der Waals surface area contributed by atoms with Crippen molar-refractivity contribution in [2.24, 2.45) is 0 Å². The van der Waals surface area contributed by atoms with Gasteiger partial charge in [0.25, 0.3) is 0 Å². The molecule has 2 aromatic carbocycles. The monoisotopic (exact) mass is 245 g/mol. The van der Waals surface area contributed by atoms with E-state index in [9.17, 15) is 9.50 Å². The van der Waals surface area contributed by atoms with Gasteiger partial charge in [0, 0.05) is 18.7 Å². The average Bonchev–Trinajstić information content (AvgIpc) is 2.39. The largest absolute Gasteiger partial charge is 0.508 e. The van der Waals surface area contributed by atoms with Gasteiger partial charge in [-0.05, 0) is 25.1 Å². The van der Waals surface area contributed by atoms with Gasteiger partial charge in [0.2, 0.25) is 0 Å². The number of aromatic hydroxyl groups is 1. The van der Waals surface area contributed by atoms with Crippen molar-refractivity contribution in [3.8, 4) is 5.75 Å². The molecule has 0 heterocycles. The van der Waals surface area contributed by atoms with Crippen molar-refractivity contribution in [1.29, 1.82) is 0 Å². The molecule has 0 saturated carbocycles. The van der Waals surface area contributed by atoms with Gasteiger partial charge in [-0.1, -0.05) is 30.3 Å². The van der Waals surface area contributed by atoms with E-state index in [1.54, 1.807) is 24.3 Å². The Bertz CT molecular complexity index is 527. The minimum Gasteiger partial charge on any atom is -0.508 e. The van der Waals surface area contributed by atoms with Gasteiger partial charge in [-0.2, -0.15) is 0 Å². The Morgan fingerprint density at radius 3 is 2.39 bits per heavy atom. The first-order valence-corrected chi connectivity index (χ1v) is 5.98. The lowest BCUT2D eigenvalue weighted by atomic mass is 10.1. The third-order valence-corrected chi connectivity index (χ3v) is 2.93. The maximum atomic E-state index is 13.7. The highest BCUT2D eigenvalue weighted by atomic mass is 19.1. The van der Waals surface area contributed by atoms with Crippen molar-refractivity contribution in [3.63, 3.8) is 0 Å². The third-order valence-electron chi connectivity index (χ3n) is 2.93. The molecule has 2 aromatic rings. The van der Waals surface area contributed by atoms with Crippen LogP contribution in [0.5, 0.6) is 5.75 Å². The molecule has 0 aromatic heterocycles. The maximum absolute atomic E-state index is 13.7. The Balaban J connectivity index is 2.26. The number of hydrogen-bond acceptors (Lipinski definition) is 2. The van der Waals surface area contributed by atoms with Crippen molar-refractivity contribution in [2.45, 2.75) is 13.5 Å². The number of para-hydroxylation sites is 2. The second kappa shape index (κ2) is 5.54. The molecule has 0 radical (unpaired) electrons. The first-order chi connectivity index (χ1) is 8.72. The fourth-order valence-electron chi connectivity index (χ4n) is 1.93. The predicted molar refractivity (Wildman–Crippen MR) is 71.2 cm³/mol. The zero-order valence-electron chi connectivity index (χ0n) is 10.3. The Hall–Kier alpha value is -2.03. The van der Waals surface area contributed by atoms with Gasteiger partial charge in [-0.15, -0.1) is 0 Å². The van der Waals surface area contributed by atoms with Gasteiger partial charge in [-0.3, -0.25) is 0 Å². The van der Waals surface area contributed by atoms with Crippen LogP contribution < -0.4 is 4.90 Å². The molecule has 0 aliphatic heterocycles. The van der Waals surface area contributed by atoms with Crippen molar-refractivity contribution >= 4 is 5.69 Å². The van der Waals surface area contributed by atoms with Crippen LogP contribution >= 0.6 is 0 Å². The molecule has 0 saturated heterocycles. The average molecular weight is 245 g/mol. The molecule has 3 heteroatoms. The highest BCUT2D eigenvalue weighted by molar-refractivity contribution is 5.49. The quantitative estimate of drug-likeness (QED) is 0.890. The lowest BCUT2D eigenvalue weighted by Gasteiger charge is -2.24. The molecule has 0 aliphatic carbocycles. The van der Waals surface area contributed by atoms with Crippen LogP contribution in [-0.2, 0) is 6.54 Å². The van der Waals surface area contributed by atoms with E-state index in [4.69, 9.17) is 0 Å². The number of benzene rings is 2. The first kappa shape index (κ1) is 12.4. The lowest BCUT2D eigenvalue weighted by molar-refractivity contribution is 0.467. The van der Waals surface area contributed by atoms with E-state index in [0.717, 1.165) is 5.56 Å². The van der Waals surface area contributed by atoms with Crippen molar-refractivity contribution < 1.29 is 9.50 Å². The fourth-order valence-corrected chi connectivity index (χ4v) is 1.93. The van der Waals surface area contributed by atoms with Gasteiger partial charge in [0.1, 0.15) is 11.6 Å². The van der Waals surface area contributed by atoms with E-state index in [2.05, 4.69) is 0 Å². The van der Waals surface area contributed by atoms with Crippen LogP contribution in [-0.4, -0.2) is 11.7 Å². The molecule has 0 fully saturated rings. The molecular formula is C15H16FNO. The smallest absolute Gasteiger partial charge is 0.146 e. The summed E-state index contributed by atoms with van der Waals surface area (Å²) in [6, 6.07) is 13.8. The second-order valence-corrected chi connectivity index (χ2v) is 4.09. The van der Waals surface area contributed by atoms with Gasteiger partial charge >= 0.3 is 0 Å². The second-order valence-electron chi connectivity index (χ2n) is 4.09. The van der Waals surface area contributed by atoms with Crippen molar-refractivity contribution in [3.05, 3.63) is 59.9 Å². The van der Waals surface area contributed by atoms with E-state index >= 15 is 0 Å². The number of rotatable bonds is 4. The van der Waals surface area contributed by atoms with E-state index in [1.807, 2.05) is 30.0 Å². The topological polar surface area (TPSA) is 23.5 Å². The fraction of sp³-hybridized carbons (Fsp3) is 0.200. The van der Waals surface area contributed by atoms with Crippen LogP contribution in [0.3, 0.4) is 0 Å². The van der Waals surface area contributed by atoms with Crippen LogP contribution in [0.1, 0.15) is 12.5 Å². The number of hydrogen-bond donors (Lipinski definition) is 1. The van der Waals surface area contributed by atoms with Gasteiger partial charge in [0.05, 0.1) is 5.69 Å². The van der Waals surface area contributed by atoms with Gasteiger partial charge in [0.15, 0.2) is 0 Å². The van der Waals surface area contributed by atoms with Crippen molar-refractivity contribution in [1.82, 2.24) is 0 Å². The molecule has 0 amide bonds. The summed E-state index contributed by atoms with van der Waals surface area (Å²) >= 11 is 0. The molecule has 94 valence electrons. The first-order valence-electron chi connectivity index (χ1n) is 5.98. The summed E-state index contributed by atoms with van der Waals surface area (Å²) in [7, 11) is 0. The van der Waals surface area contributed by atoms with Crippen LogP contribution in [0.15, 0.2) is 48.5 Å². The SMILES string of the molecule is CCN(Cc1ccccc1O)c1ccccc1F. The molecule has 0 spiro atoms. The van der Waals surface area contributed by atoms with E-state index in [-0.39, 0.29) is 11.6 Å². The third kappa shape index (κ3) is 2.62. The summed E-state index contributed by atoms with van der Waals surface area (Å²) in [5, 5.41) is 9.75. The number of halogens is 1. The summed E-state index contributed by atoms with van der Waals surface area (Å²) in [5.74, 6) is 0.00191. The van der Waals surface area contributed by atoms with Crippen molar-refractivity contribution in [2.75, 3.05) is 11.4 Å². The lowest BCUT2D eigenvalue weighted by Crippen LogP contribution is -2.23. The molecule has 18 heavy (non-hydrogen) atoms. The zero-order chi connectivity index (χ0) is 13.0. The summed E-state index contributed by atoms with van der Waals surface area (Å²) in [5.41, 5.74) is 1.35. The summed E-state index contributed by atoms with van der Waals surface area (Å²) in [6.07, 6.45) is 0. The van der Waals surface area contributed by atoms with Gasteiger partial charge < -0.3 is 10.0 Å². The predicted octanol–water partition coefficient (Wildman–Crippen LogP) is 3.56. The van der Waals surface area contributed by atoms with Crippen LogP contribution in [0.25, 0.3) is 0 Å². The highest BCUT2D eigenvalue weighted by Crippen LogP contribution is 2.24. The molecule has 1 N–H and O–H groups in total. The molecule has 2 rings (SSSR count). The molecule has 0 bridgehead atoms. The van der Waals surface area contributed by atoms with E-state index in [1.165, 1.54) is 6.07 Å². The molecule has 0 atom stereocenters.